The van der Waals surface area contributed by atoms with Crippen LogP contribution in [-0.4, -0.2) is 9.78 Å². The number of rotatable bonds is 2. The number of nitrogens with two attached hydrogens (primary N) is 1. The van der Waals surface area contributed by atoms with E-state index < -0.39 is 0 Å². The van der Waals surface area contributed by atoms with Crippen molar-refractivity contribution in [2.75, 3.05) is 5.73 Å². The van der Waals surface area contributed by atoms with Crippen LogP contribution in [0.1, 0.15) is 17.0 Å². The highest BCUT2D eigenvalue weighted by atomic mass is 35.5. The van der Waals surface area contributed by atoms with E-state index >= 15 is 0 Å². The van der Waals surface area contributed by atoms with Crippen LogP contribution in [0.3, 0.4) is 0 Å². The Labute approximate surface area is 104 Å². The van der Waals surface area contributed by atoms with Crippen LogP contribution in [0, 0.1) is 19.7 Å². The Balaban J connectivity index is 2.37. The van der Waals surface area contributed by atoms with Crippen LogP contribution < -0.4 is 5.73 Å². The van der Waals surface area contributed by atoms with Crippen LogP contribution in [0.2, 0.25) is 5.02 Å². The first-order valence-corrected chi connectivity index (χ1v) is 5.60. The molecule has 0 radical (unpaired) electrons. The SMILES string of the molecule is Cc1nn(Cc2cc(Cl)ccc2F)c(C)c1N. The minimum Gasteiger partial charge on any atom is -0.396 e. The zero-order chi connectivity index (χ0) is 12.6. The summed E-state index contributed by atoms with van der Waals surface area (Å²) in [5.41, 5.74) is 8.56. The molecule has 0 aliphatic rings. The summed E-state index contributed by atoms with van der Waals surface area (Å²) in [4.78, 5) is 0. The maximum atomic E-state index is 13.6. The number of hydrogen-bond acceptors (Lipinski definition) is 2. The fourth-order valence-corrected chi connectivity index (χ4v) is 1.89. The molecule has 0 aliphatic carbocycles. The van der Waals surface area contributed by atoms with Crippen LogP contribution in [0.15, 0.2) is 18.2 Å². The van der Waals surface area contributed by atoms with Gasteiger partial charge in [-0.05, 0) is 32.0 Å². The van der Waals surface area contributed by atoms with Crippen molar-refractivity contribution in [3.8, 4) is 0 Å². The summed E-state index contributed by atoms with van der Waals surface area (Å²) in [6, 6.07) is 4.48. The summed E-state index contributed by atoms with van der Waals surface area (Å²) in [6.45, 7) is 4.02. The molecule has 0 amide bonds. The molecule has 0 unspecified atom stereocenters. The molecule has 90 valence electrons. The summed E-state index contributed by atoms with van der Waals surface area (Å²) in [5, 5.41) is 4.77. The van der Waals surface area contributed by atoms with Crippen LogP contribution in [-0.2, 0) is 6.54 Å². The Morgan fingerprint density at radius 3 is 2.71 bits per heavy atom. The van der Waals surface area contributed by atoms with E-state index in [0.29, 0.717) is 22.8 Å². The summed E-state index contributed by atoms with van der Waals surface area (Å²) in [5.74, 6) is -0.291. The van der Waals surface area contributed by atoms with Gasteiger partial charge in [0.05, 0.1) is 23.6 Å². The number of hydrogen-bond donors (Lipinski definition) is 1. The largest absolute Gasteiger partial charge is 0.396 e. The summed E-state index contributed by atoms with van der Waals surface area (Å²) in [6.07, 6.45) is 0. The second-order valence-corrected chi connectivity index (χ2v) is 4.41. The van der Waals surface area contributed by atoms with E-state index in [1.807, 2.05) is 13.8 Å². The molecule has 5 heteroatoms. The van der Waals surface area contributed by atoms with Gasteiger partial charge < -0.3 is 5.73 Å². The van der Waals surface area contributed by atoms with Crippen molar-refractivity contribution >= 4 is 17.3 Å². The Hall–Kier alpha value is -1.55. The van der Waals surface area contributed by atoms with E-state index in [1.54, 1.807) is 10.7 Å². The Morgan fingerprint density at radius 1 is 1.41 bits per heavy atom. The average Bonchev–Trinajstić information content (AvgIpc) is 2.52. The molecule has 2 N–H and O–H groups in total. The predicted octanol–water partition coefficient (Wildman–Crippen LogP) is 2.92. The van der Waals surface area contributed by atoms with Crippen molar-refractivity contribution in [2.24, 2.45) is 0 Å². The van der Waals surface area contributed by atoms with E-state index in [-0.39, 0.29) is 5.82 Å². The lowest BCUT2D eigenvalue weighted by molar-refractivity contribution is 0.579. The maximum absolute atomic E-state index is 13.6. The molecule has 0 spiro atoms. The van der Waals surface area contributed by atoms with Crippen molar-refractivity contribution in [1.29, 1.82) is 0 Å². The first-order chi connectivity index (χ1) is 7.99. The van der Waals surface area contributed by atoms with Crippen molar-refractivity contribution in [1.82, 2.24) is 9.78 Å². The third-order valence-electron chi connectivity index (χ3n) is 2.77. The van der Waals surface area contributed by atoms with E-state index in [0.717, 1.165) is 11.4 Å². The van der Waals surface area contributed by atoms with E-state index in [9.17, 15) is 4.39 Å². The second kappa shape index (κ2) is 4.37. The third-order valence-corrected chi connectivity index (χ3v) is 3.00. The number of nitrogens with zero attached hydrogens (tertiary/aromatic N) is 2. The first kappa shape index (κ1) is 11.9. The molecule has 0 saturated carbocycles. The van der Waals surface area contributed by atoms with Gasteiger partial charge in [-0.25, -0.2) is 4.39 Å². The monoisotopic (exact) mass is 253 g/mol. The molecular formula is C12H13ClFN3. The fraction of sp³-hybridized carbons (Fsp3) is 0.250. The molecule has 0 fully saturated rings. The van der Waals surface area contributed by atoms with Crippen molar-refractivity contribution in [2.45, 2.75) is 20.4 Å². The number of benzene rings is 1. The summed E-state index contributed by atoms with van der Waals surface area (Å²) < 4.78 is 15.2. The maximum Gasteiger partial charge on any atom is 0.128 e. The van der Waals surface area contributed by atoms with Gasteiger partial charge in [-0.3, -0.25) is 4.68 Å². The van der Waals surface area contributed by atoms with Gasteiger partial charge in [0, 0.05) is 10.6 Å². The molecule has 2 rings (SSSR count). The highest BCUT2D eigenvalue weighted by Crippen LogP contribution is 2.19. The topological polar surface area (TPSA) is 43.8 Å². The minimum atomic E-state index is -0.291. The summed E-state index contributed by atoms with van der Waals surface area (Å²) in [7, 11) is 0. The van der Waals surface area contributed by atoms with Gasteiger partial charge in [-0.15, -0.1) is 0 Å². The number of aromatic nitrogens is 2. The second-order valence-electron chi connectivity index (χ2n) is 3.98. The molecule has 0 saturated heterocycles. The van der Waals surface area contributed by atoms with Gasteiger partial charge in [0.25, 0.3) is 0 Å². The normalized spacial score (nSPS) is 10.8. The van der Waals surface area contributed by atoms with Crippen molar-refractivity contribution < 1.29 is 4.39 Å². The standard InChI is InChI=1S/C12H13ClFN3/c1-7-12(15)8(2)17(16-7)6-9-5-10(13)3-4-11(9)14/h3-5H,6,15H2,1-2H3. The Kier molecular flexibility index (Phi) is 3.07. The molecule has 1 aromatic carbocycles. The Morgan fingerprint density at radius 2 is 2.12 bits per heavy atom. The highest BCUT2D eigenvalue weighted by Gasteiger charge is 2.10. The molecule has 2 aromatic rings. The first-order valence-electron chi connectivity index (χ1n) is 5.22. The smallest absolute Gasteiger partial charge is 0.128 e. The van der Waals surface area contributed by atoms with E-state index in [2.05, 4.69) is 5.10 Å². The third kappa shape index (κ3) is 2.26. The highest BCUT2D eigenvalue weighted by molar-refractivity contribution is 6.30. The van der Waals surface area contributed by atoms with Gasteiger partial charge in [-0.2, -0.15) is 5.10 Å². The van der Waals surface area contributed by atoms with Crippen LogP contribution >= 0.6 is 11.6 Å². The molecule has 1 heterocycles. The van der Waals surface area contributed by atoms with E-state index in [4.69, 9.17) is 17.3 Å². The van der Waals surface area contributed by atoms with Crippen molar-refractivity contribution in [3.05, 3.63) is 46.0 Å². The van der Waals surface area contributed by atoms with Crippen LogP contribution in [0.25, 0.3) is 0 Å². The molecule has 1 aromatic heterocycles. The number of halogens is 2. The number of aryl methyl sites for hydroxylation is 1. The van der Waals surface area contributed by atoms with Gasteiger partial charge >= 0.3 is 0 Å². The molecule has 0 bridgehead atoms. The zero-order valence-corrected chi connectivity index (χ0v) is 10.4. The lowest BCUT2D eigenvalue weighted by Gasteiger charge is -2.06. The molecule has 0 atom stereocenters. The number of nitrogen functional groups attached to an aromatic ring is 1. The van der Waals surface area contributed by atoms with Gasteiger partial charge in [-0.1, -0.05) is 11.6 Å². The number of anilines is 1. The van der Waals surface area contributed by atoms with Crippen LogP contribution in [0.4, 0.5) is 10.1 Å². The molecule has 3 nitrogen and oxygen atoms in total. The van der Waals surface area contributed by atoms with Crippen LogP contribution in [0.5, 0.6) is 0 Å². The van der Waals surface area contributed by atoms with Gasteiger partial charge in [0.2, 0.25) is 0 Å². The zero-order valence-electron chi connectivity index (χ0n) is 9.67. The lowest BCUT2D eigenvalue weighted by atomic mass is 10.2. The quantitative estimate of drug-likeness (QED) is 0.894. The fourth-order valence-electron chi connectivity index (χ4n) is 1.69. The molecule has 17 heavy (non-hydrogen) atoms. The van der Waals surface area contributed by atoms with Gasteiger partial charge in [0.15, 0.2) is 0 Å². The predicted molar refractivity (Wildman–Crippen MR) is 66.6 cm³/mol. The Bertz CT molecular complexity index is 563. The molecule has 0 aliphatic heterocycles. The van der Waals surface area contributed by atoms with E-state index in [1.165, 1.54) is 12.1 Å². The van der Waals surface area contributed by atoms with Gasteiger partial charge in [0.1, 0.15) is 5.82 Å². The molecular weight excluding hydrogens is 241 g/mol. The lowest BCUT2D eigenvalue weighted by Crippen LogP contribution is -2.06. The average molecular weight is 254 g/mol. The minimum absolute atomic E-state index is 0.291. The van der Waals surface area contributed by atoms with Crippen molar-refractivity contribution in [3.63, 3.8) is 0 Å². The summed E-state index contributed by atoms with van der Waals surface area (Å²) >= 11 is 5.84.